The van der Waals surface area contributed by atoms with E-state index in [9.17, 15) is 26.3 Å². The van der Waals surface area contributed by atoms with Gasteiger partial charge in [0.05, 0.1) is 5.56 Å². The van der Waals surface area contributed by atoms with E-state index in [1.54, 1.807) is 0 Å². The van der Waals surface area contributed by atoms with Crippen molar-refractivity contribution in [3.63, 3.8) is 0 Å². The minimum atomic E-state index is -4.63. The molecule has 0 aromatic carbocycles. The van der Waals surface area contributed by atoms with Gasteiger partial charge in [0.2, 0.25) is 5.16 Å². The Morgan fingerprint density at radius 3 is 2.12 bits per heavy atom. The summed E-state index contributed by atoms with van der Waals surface area (Å²) in [5.74, 6) is 0. The van der Waals surface area contributed by atoms with Gasteiger partial charge in [-0.15, -0.1) is 20.4 Å². The van der Waals surface area contributed by atoms with Gasteiger partial charge in [0.15, 0.2) is 11.3 Å². The van der Waals surface area contributed by atoms with Crippen molar-refractivity contribution < 1.29 is 26.3 Å². The highest BCUT2D eigenvalue weighted by molar-refractivity contribution is 7.99. The van der Waals surface area contributed by atoms with Crippen LogP contribution in [-0.4, -0.2) is 24.8 Å². The number of halogens is 6. The summed E-state index contributed by atoms with van der Waals surface area (Å²) in [6.45, 7) is 0. The van der Waals surface area contributed by atoms with Crippen molar-refractivity contribution in [3.8, 4) is 0 Å². The Morgan fingerprint density at radius 1 is 0.792 bits per heavy atom. The molecule has 3 aromatic rings. The molecule has 12 heteroatoms. The van der Waals surface area contributed by atoms with E-state index in [1.165, 1.54) is 0 Å². The van der Waals surface area contributed by atoms with E-state index in [0.29, 0.717) is 0 Å². The van der Waals surface area contributed by atoms with Crippen molar-refractivity contribution in [1.82, 2.24) is 24.8 Å². The summed E-state index contributed by atoms with van der Waals surface area (Å²) in [5, 5.41) is 13.9. The van der Waals surface area contributed by atoms with Gasteiger partial charge in [-0.1, -0.05) is 0 Å². The van der Waals surface area contributed by atoms with E-state index in [0.717, 1.165) is 46.6 Å². The van der Waals surface area contributed by atoms with Gasteiger partial charge in [-0.05, 0) is 36.0 Å². The fraction of sp³-hybridized carbons (Fsp3) is 0.167. The quantitative estimate of drug-likeness (QED) is 0.648. The number of fused-ring (bicyclic) bond motifs is 1. The van der Waals surface area contributed by atoms with Gasteiger partial charge >= 0.3 is 12.4 Å². The predicted molar refractivity (Wildman–Crippen MR) is 69.1 cm³/mol. The first kappa shape index (κ1) is 16.5. The molecule has 0 radical (unpaired) electrons. The minimum absolute atomic E-state index is 0.0187. The molecule has 24 heavy (non-hydrogen) atoms. The molecule has 0 N–H and O–H groups in total. The fourth-order valence-electron chi connectivity index (χ4n) is 1.73. The van der Waals surface area contributed by atoms with Crippen LogP contribution in [0.3, 0.4) is 0 Å². The zero-order chi connectivity index (χ0) is 17.5. The zero-order valence-electron chi connectivity index (χ0n) is 11.3. The smallest absolute Gasteiger partial charge is 0.277 e. The maximum atomic E-state index is 12.7. The van der Waals surface area contributed by atoms with Crippen LogP contribution in [0.5, 0.6) is 0 Å². The lowest BCUT2D eigenvalue weighted by molar-refractivity contribution is -0.142. The molecule has 3 aromatic heterocycles. The molecule has 5 nitrogen and oxygen atoms in total. The van der Waals surface area contributed by atoms with Gasteiger partial charge in [-0.3, -0.25) is 4.40 Å². The number of nitrogens with zero attached hydrogens (tertiary/aromatic N) is 5. The second-order valence-corrected chi connectivity index (χ2v) is 5.47. The molecule has 3 heterocycles. The average Bonchev–Trinajstić information content (AvgIpc) is 2.88. The Bertz CT molecular complexity index is 870. The van der Waals surface area contributed by atoms with E-state index in [-0.39, 0.29) is 15.8 Å². The van der Waals surface area contributed by atoms with Crippen LogP contribution < -0.4 is 0 Å². The molecular weight excluding hydrogens is 360 g/mol. The third-order valence-electron chi connectivity index (χ3n) is 2.82. The number of pyridine rings is 1. The van der Waals surface area contributed by atoms with Crippen LogP contribution in [0.15, 0.2) is 40.6 Å². The summed E-state index contributed by atoms with van der Waals surface area (Å²) >= 11 is 0.743. The lowest BCUT2D eigenvalue weighted by Crippen LogP contribution is -2.09. The second kappa shape index (κ2) is 5.61. The molecule has 0 amide bonds. The van der Waals surface area contributed by atoms with E-state index in [4.69, 9.17) is 0 Å². The van der Waals surface area contributed by atoms with Crippen molar-refractivity contribution in [2.45, 2.75) is 22.5 Å². The minimum Gasteiger partial charge on any atom is -0.277 e. The zero-order valence-corrected chi connectivity index (χ0v) is 12.1. The lowest BCUT2D eigenvalue weighted by Gasteiger charge is -2.07. The molecule has 0 saturated carbocycles. The number of rotatable bonds is 2. The van der Waals surface area contributed by atoms with E-state index in [2.05, 4.69) is 20.4 Å². The highest BCUT2D eigenvalue weighted by Crippen LogP contribution is 2.32. The Kier molecular flexibility index (Phi) is 3.86. The second-order valence-electron chi connectivity index (χ2n) is 4.48. The van der Waals surface area contributed by atoms with Gasteiger partial charge in [0.1, 0.15) is 5.03 Å². The topological polar surface area (TPSA) is 56.0 Å². The average molecular weight is 365 g/mol. The Morgan fingerprint density at radius 2 is 1.54 bits per heavy atom. The third-order valence-corrected chi connectivity index (χ3v) is 3.71. The molecule has 0 aliphatic carbocycles. The molecule has 0 aliphatic rings. The molecule has 0 aliphatic heterocycles. The molecular formula is C12H5F6N5S. The lowest BCUT2D eigenvalue weighted by atomic mass is 10.3. The van der Waals surface area contributed by atoms with Crippen molar-refractivity contribution >= 4 is 17.4 Å². The van der Waals surface area contributed by atoms with Crippen molar-refractivity contribution in [2.24, 2.45) is 0 Å². The molecule has 126 valence electrons. The van der Waals surface area contributed by atoms with Crippen LogP contribution in [0.1, 0.15) is 11.3 Å². The van der Waals surface area contributed by atoms with Crippen molar-refractivity contribution in [3.05, 3.63) is 41.7 Å². The van der Waals surface area contributed by atoms with Gasteiger partial charge < -0.3 is 0 Å². The van der Waals surface area contributed by atoms with Crippen LogP contribution in [0, 0.1) is 0 Å². The van der Waals surface area contributed by atoms with E-state index < -0.39 is 23.6 Å². The molecule has 3 rings (SSSR count). The van der Waals surface area contributed by atoms with Crippen molar-refractivity contribution in [2.75, 3.05) is 0 Å². The van der Waals surface area contributed by atoms with Gasteiger partial charge in [0.25, 0.3) is 0 Å². The summed E-state index contributed by atoms with van der Waals surface area (Å²) < 4.78 is 76.6. The van der Waals surface area contributed by atoms with Crippen LogP contribution in [0.4, 0.5) is 26.3 Å². The normalized spacial score (nSPS) is 12.8. The number of hydrogen-bond acceptors (Lipinski definition) is 5. The molecule has 0 fully saturated rings. The summed E-state index contributed by atoms with van der Waals surface area (Å²) in [4.78, 5) is 0. The molecule has 0 spiro atoms. The molecule has 0 unspecified atom stereocenters. The Labute approximate surface area is 133 Å². The summed E-state index contributed by atoms with van der Waals surface area (Å²) in [5.41, 5.74) is -1.92. The highest BCUT2D eigenvalue weighted by Gasteiger charge is 2.33. The number of alkyl halides is 6. The van der Waals surface area contributed by atoms with Crippen LogP contribution in [0.2, 0.25) is 0 Å². The highest BCUT2D eigenvalue weighted by atomic mass is 32.2. The van der Waals surface area contributed by atoms with Gasteiger partial charge in [-0.2, -0.15) is 26.3 Å². The Balaban J connectivity index is 1.92. The fourth-order valence-corrected chi connectivity index (χ4v) is 2.46. The van der Waals surface area contributed by atoms with Gasteiger partial charge in [-0.25, -0.2) is 0 Å². The van der Waals surface area contributed by atoms with Crippen LogP contribution in [-0.2, 0) is 12.4 Å². The first-order valence-corrected chi connectivity index (χ1v) is 6.97. The first-order chi connectivity index (χ1) is 11.1. The number of aromatic nitrogens is 5. The number of hydrogen-bond donors (Lipinski definition) is 0. The van der Waals surface area contributed by atoms with E-state index in [1.807, 2.05) is 0 Å². The third kappa shape index (κ3) is 3.27. The molecule has 0 bridgehead atoms. The summed E-state index contributed by atoms with van der Waals surface area (Å²) in [6, 6.07) is 3.77. The molecule has 0 saturated heterocycles. The standard InChI is InChI=1S/C12H5F6N5S/c13-11(14,15)6-1-3-8-20-22-10(23(8)5-6)24-9-4-2-7(19-21-9)12(16,17)18/h1-5H. The maximum Gasteiger partial charge on any atom is 0.435 e. The largest absolute Gasteiger partial charge is 0.435 e. The Hall–Kier alpha value is -2.37. The van der Waals surface area contributed by atoms with Crippen LogP contribution in [0.25, 0.3) is 5.65 Å². The summed E-state index contributed by atoms with van der Waals surface area (Å²) in [7, 11) is 0. The maximum absolute atomic E-state index is 12.7. The first-order valence-electron chi connectivity index (χ1n) is 6.15. The predicted octanol–water partition coefficient (Wildman–Crippen LogP) is 3.71. The SMILES string of the molecule is FC(F)(F)c1ccc2nnc(Sc3ccc(C(F)(F)F)nn3)n2c1. The molecule has 0 atom stereocenters. The van der Waals surface area contributed by atoms with Crippen LogP contribution >= 0.6 is 11.8 Å². The van der Waals surface area contributed by atoms with Gasteiger partial charge in [0, 0.05) is 6.20 Å². The summed E-state index contributed by atoms with van der Waals surface area (Å²) in [6.07, 6.45) is -8.37. The van der Waals surface area contributed by atoms with Crippen molar-refractivity contribution in [1.29, 1.82) is 0 Å². The monoisotopic (exact) mass is 365 g/mol. The van der Waals surface area contributed by atoms with E-state index >= 15 is 0 Å².